The lowest BCUT2D eigenvalue weighted by Crippen LogP contribution is -2.14. The Kier molecular flexibility index (Phi) is 12.2. The van der Waals surface area contributed by atoms with Gasteiger partial charge in [-0.15, -0.1) is 0 Å². The van der Waals surface area contributed by atoms with Crippen LogP contribution in [-0.2, 0) is 9.47 Å². The fourth-order valence-electron chi connectivity index (χ4n) is 2.69. The molecule has 1 aromatic rings. The molecule has 1 aliphatic rings. The van der Waals surface area contributed by atoms with Crippen LogP contribution in [0.4, 0.5) is 0 Å². The molecule has 27 heavy (non-hydrogen) atoms. The van der Waals surface area contributed by atoms with E-state index in [1.165, 1.54) is 19.3 Å². The van der Waals surface area contributed by atoms with Crippen molar-refractivity contribution in [1.29, 1.82) is 0 Å². The number of carbonyl (C=O) groups is 2. The van der Waals surface area contributed by atoms with Crippen LogP contribution in [0.25, 0.3) is 0 Å². The highest BCUT2D eigenvalue weighted by Gasteiger charge is 2.18. The normalized spacial score (nSPS) is 14.0. The van der Waals surface area contributed by atoms with Crippen LogP contribution in [0.3, 0.4) is 0 Å². The first-order chi connectivity index (χ1) is 13.1. The van der Waals surface area contributed by atoms with E-state index >= 15 is 0 Å². The van der Waals surface area contributed by atoms with E-state index in [2.05, 4.69) is 0 Å². The standard InChI is InChI=1S/C16H22O4.C6H12O/c1-3-5-11-19-15(17)13-9-7-8-10-14(13)16(18)20-12-6-4-2;7-6-4-2-1-3-5-6/h7-10H,3-6,11-12H2,1-2H3;6-7H,1-5H2. The number of carbonyl (C=O) groups excluding carboxylic acids is 2. The average molecular weight is 379 g/mol. The Morgan fingerprint density at radius 3 is 1.67 bits per heavy atom. The average Bonchev–Trinajstić information content (AvgIpc) is 2.69. The van der Waals surface area contributed by atoms with Gasteiger partial charge in [-0.2, -0.15) is 0 Å². The zero-order valence-electron chi connectivity index (χ0n) is 16.7. The van der Waals surface area contributed by atoms with E-state index in [-0.39, 0.29) is 17.2 Å². The summed E-state index contributed by atoms with van der Waals surface area (Å²) in [6, 6.07) is 6.59. The van der Waals surface area contributed by atoms with Crippen molar-refractivity contribution in [3.63, 3.8) is 0 Å². The second kappa shape index (κ2) is 14.2. The third-order valence-corrected chi connectivity index (χ3v) is 4.40. The molecular formula is C22H34O5. The minimum Gasteiger partial charge on any atom is -0.462 e. The molecule has 5 nitrogen and oxygen atoms in total. The quantitative estimate of drug-likeness (QED) is 0.514. The molecule has 1 saturated carbocycles. The minimum atomic E-state index is -0.471. The first-order valence-electron chi connectivity index (χ1n) is 10.2. The topological polar surface area (TPSA) is 72.8 Å². The van der Waals surface area contributed by atoms with Crippen LogP contribution in [0.1, 0.15) is 92.4 Å². The van der Waals surface area contributed by atoms with Crippen molar-refractivity contribution in [2.24, 2.45) is 0 Å². The highest BCUT2D eigenvalue weighted by molar-refractivity contribution is 6.03. The highest BCUT2D eigenvalue weighted by Crippen LogP contribution is 2.16. The van der Waals surface area contributed by atoms with E-state index in [0.29, 0.717) is 13.2 Å². The fourth-order valence-corrected chi connectivity index (χ4v) is 2.69. The van der Waals surface area contributed by atoms with Gasteiger partial charge in [0.05, 0.1) is 30.4 Å². The molecular weight excluding hydrogens is 344 g/mol. The second-order valence-corrected chi connectivity index (χ2v) is 6.82. The zero-order valence-corrected chi connectivity index (χ0v) is 16.7. The molecule has 2 rings (SSSR count). The number of hydrogen-bond donors (Lipinski definition) is 1. The molecule has 0 amide bonds. The lowest BCUT2D eigenvalue weighted by atomic mass is 9.98. The number of ether oxygens (including phenoxy) is 2. The molecule has 0 heterocycles. The number of aliphatic hydroxyl groups excluding tert-OH is 1. The fraction of sp³-hybridized carbons (Fsp3) is 0.636. The Bertz CT molecular complexity index is 508. The number of rotatable bonds is 8. The number of benzene rings is 1. The van der Waals surface area contributed by atoms with Gasteiger partial charge in [0, 0.05) is 0 Å². The number of aliphatic hydroxyl groups is 1. The molecule has 5 heteroatoms. The molecule has 0 saturated heterocycles. The van der Waals surface area contributed by atoms with Gasteiger partial charge in [0.25, 0.3) is 0 Å². The monoisotopic (exact) mass is 378 g/mol. The molecule has 0 atom stereocenters. The number of hydrogen-bond acceptors (Lipinski definition) is 5. The van der Waals surface area contributed by atoms with Crippen molar-refractivity contribution in [3.8, 4) is 0 Å². The molecule has 0 radical (unpaired) electrons. The maximum absolute atomic E-state index is 11.9. The Morgan fingerprint density at radius 2 is 1.33 bits per heavy atom. The van der Waals surface area contributed by atoms with Gasteiger partial charge in [0.15, 0.2) is 0 Å². The predicted molar refractivity (Wildman–Crippen MR) is 106 cm³/mol. The Labute approximate surface area is 163 Å². The molecule has 1 fully saturated rings. The molecule has 1 aliphatic carbocycles. The van der Waals surface area contributed by atoms with Crippen LogP contribution in [0.15, 0.2) is 24.3 Å². The summed E-state index contributed by atoms with van der Waals surface area (Å²) in [5.41, 5.74) is 0.537. The van der Waals surface area contributed by atoms with Crippen LogP contribution in [0, 0.1) is 0 Å². The third kappa shape index (κ3) is 9.57. The summed E-state index contributed by atoms with van der Waals surface area (Å²) in [6.07, 6.45) is 9.46. The number of unbranched alkanes of at least 4 members (excludes halogenated alkanes) is 2. The van der Waals surface area contributed by atoms with E-state index in [0.717, 1.165) is 38.5 Å². The second-order valence-electron chi connectivity index (χ2n) is 6.82. The van der Waals surface area contributed by atoms with Crippen LogP contribution >= 0.6 is 0 Å². The molecule has 0 aliphatic heterocycles. The van der Waals surface area contributed by atoms with Gasteiger partial charge in [0.2, 0.25) is 0 Å². The van der Waals surface area contributed by atoms with Crippen molar-refractivity contribution >= 4 is 11.9 Å². The molecule has 0 spiro atoms. The number of esters is 2. The maximum Gasteiger partial charge on any atom is 0.339 e. The molecule has 1 N–H and O–H groups in total. The van der Waals surface area contributed by atoms with Crippen molar-refractivity contribution < 1.29 is 24.2 Å². The summed E-state index contributed by atoms with van der Waals surface area (Å²) >= 11 is 0. The molecule has 0 aromatic heterocycles. The van der Waals surface area contributed by atoms with Crippen molar-refractivity contribution in [2.45, 2.75) is 77.7 Å². The van der Waals surface area contributed by atoms with Crippen LogP contribution in [-0.4, -0.2) is 36.4 Å². The molecule has 0 unspecified atom stereocenters. The van der Waals surface area contributed by atoms with Gasteiger partial charge in [-0.1, -0.05) is 58.1 Å². The summed E-state index contributed by atoms with van der Waals surface area (Å²) in [7, 11) is 0. The van der Waals surface area contributed by atoms with Crippen LogP contribution < -0.4 is 0 Å². The van der Waals surface area contributed by atoms with Crippen LogP contribution in [0.5, 0.6) is 0 Å². The van der Waals surface area contributed by atoms with Crippen molar-refractivity contribution in [2.75, 3.05) is 13.2 Å². The van der Waals surface area contributed by atoms with E-state index in [4.69, 9.17) is 14.6 Å². The third-order valence-electron chi connectivity index (χ3n) is 4.40. The van der Waals surface area contributed by atoms with E-state index in [9.17, 15) is 9.59 Å². The zero-order chi connectivity index (χ0) is 19.9. The van der Waals surface area contributed by atoms with Gasteiger partial charge >= 0.3 is 11.9 Å². The Balaban J connectivity index is 0.000000433. The van der Waals surface area contributed by atoms with Gasteiger partial charge < -0.3 is 14.6 Å². The van der Waals surface area contributed by atoms with E-state index < -0.39 is 11.9 Å². The van der Waals surface area contributed by atoms with Gasteiger partial charge in [-0.3, -0.25) is 0 Å². The van der Waals surface area contributed by atoms with Crippen LogP contribution in [0.2, 0.25) is 0 Å². The highest BCUT2D eigenvalue weighted by atomic mass is 16.5. The largest absolute Gasteiger partial charge is 0.462 e. The maximum atomic E-state index is 11.9. The summed E-state index contributed by atoms with van der Waals surface area (Å²) < 4.78 is 10.3. The van der Waals surface area contributed by atoms with Gasteiger partial charge in [-0.05, 0) is 37.8 Å². The van der Waals surface area contributed by atoms with Gasteiger partial charge in [-0.25, -0.2) is 9.59 Å². The summed E-state index contributed by atoms with van der Waals surface area (Å²) in [6.45, 7) is 4.78. The van der Waals surface area contributed by atoms with Crippen molar-refractivity contribution in [1.82, 2.24) is 0 Å². The first kappa shape index (κ1) is 23.2. The first-order valence-corrected chi connectivity index (χ1v) is 10.2. The Morgan fingerprint density at radius 1 is 0.889 bits per heavy atom. The Hall–Kier alpha value is -1.88. The smallest absolute Gasteiger partial charge is 0.339 e. The summed E-state index contributed by atoms with van der Waals surface area (Å²) in [4.78, 5) is 23.9. The minimum absolute atomic E-state index is 0.0359. The lowest BCUT2D eigenvalue weighted by Gasteiger charge is -2.14. The molecule has 152 valence electrons. The summed E-state index contributed by atoms with van der Waals surface area (Å²) in [5, 5.41) is 8.91. The molecule has 1 aromatic carbocycles. The van der Waals surface area contributed by atoms with E-state index in [1.54, 1.807) is 24.3 Å². The van der Waals surface area contributed by atoms with Gasteiger partial charge in [0.1, 0.15) is 0 Å². The predicted octanol–water partition coefficient (Wildman–Crippen LogP) is 4.91. The van der Waals surface area contributed by atoms with Crippen molar-refractivity contribution in [3.05, 3.63) is 35.4 Å². The SMILES string of the molecule is CCCCOC(=O)c1ccccc1C(=O)OCCCC.OC1CCCCC1. The lowest BCUT2D eigenvalue weighted by molar-refractivity contribution is 0.0452. The van der Waals surface area contributed by atoms with E-state index in [1.807, 2.05) is 13.8 Å². The molecule has 0 bridgehead atoms. The summed E-state index contributed by atoms with van der Waals surface area (Å²) in [5.74, 6) is -0.942.